The molecule has 0 atom stereocenters. The Balaban J connectivity index is 1.87. The van der Waals surface area contributed by atoms with Gasteiger partial charge in [-0.05, 0) is 42.6 Å². The predicted molar refractivity (Wildman–Crippen MR) is 110 cm³/mol. The zero-order valence-electron chi connectivity index (χ0n) is 16.3. The van der Waals surface area contributed by atoms with E-state index in [9.17, 15) is 4.79 Å². The quantitative estimate of drug-likeness (QED) is 0.520. The molecule has 0 aliphatic carbocycles. The molecule has 0 heterocycles. The van der Waals surface area contributed by atoms with Gasteiger partial charge in [0, 0.05) is 16.5 Å². The molecule has 0 aliphatic rings. The number of carbonyl (C=O) groups is 1. The van der Waals surface area contributed by atoms with E-state index in [4.69, 9.17) is 14.2 Å². The number of methoxy groups -OCH3 is 3. The Morgan fingerprint density at radius 1 is 0.821 bits per heavy atom. The van der Waals surface area contributed by atoms with Crippen molar-refractivity contribution >= 4 is 22.4 Å². The van der Waals surface area contributed by atoms with E-state index in [1.165, 1.54) is 7.11 Å². The van der Waals surface area contributed by atoms with Gasteiger partial charge in [-0.1, -0.05) is 24.3 Å². The smallest absolute Gasteiger partial charge is 0.271 e. The first-order valence-electron chi connectivity index (χ1n) is 8.71. The van der Waals surface area contributed by atoms with Crippen LogP contribution in [0.4, 0.5) is 0 Å². The summed E-state index contributed by atoms with van der Waals surface area (Å²) in [7, 11) is 4.72. The zero-order chi connectivity index (χ0) is 20.1. The molecule has 3 aromatic rings. The minimum atomic E-state index is -0.335. The van der Waals surface area contributed by atoms with Crippen LogP contribution in [-0.4, -0.2) is 32.9 Å². The van der Waals surface area contributed by atoms with Gasteiger partial charge in [0.25, 0.3) is 5.91 Å². The Hall–Kier alpha value is -3.54. The second-order valence-corrected chi connectivity index (χ2v) is 6.07. The number of hydrogen-bond acceptors (Lipinski definition) is 5. The van der Waals surface area contributed by atoms with Crippen molar-refractivity contribution in [2.45, 2.75) is 6.92 Å². The standard InChI is InChI=1S/C22H22N2O4/c1-14(16-10-12-19(26-2)18-8-6-5-7-17(16)18)23-24-22(25)15-9-11-20(27-3)21(13-15)28-4/h5-13H,1-4H3,(H,24,25)/b23-14-. The van der Waals surface area contributed by atoms with Gasteiger partial charge in [0.1, 0.15) is 5.75 Å². The number of hydrazone groups is 1. The molecule has 0 radical (unpaired) electrons. The van der Waals surface area contributed by atoms with E-state index in [1.807, 2.05) is 43.3 Å². The van der Waals surface area contributed by atoms with Gasteiger partial charge in [0.05, 0.1) is 27.0 Å². The van der Waals surface area contributed by atoms with Gasteiger partial charge in [-0.15, -0.1) is 0 Å². The molecule has 3 rings (SSSR count). The van der Waals surface area contributed by atoms with Crippen LogP contribution in [-0.2, 0) is 0 Å². The minimum absolute atomic E-state index is 0.335. The predicted octanol–water partition coefficient (Wildman–Crippen LogP) is 4.02. The minimum Gasteiger partial charge on any atom is -0.496 e. The second kappa shape index (κ2) is 8.43. The maximum Gasteiger partial charge on any atom is 0.271 e. The van der Waals surface area contributed by atoms with Crippen molar-refractivity contribution in [3.05, 3.63) is 65.7 Å². The van der Waals surface area contributed by atoms with Crippen molar-refractivity contribution in [3.63, 3.8) is 0 Å². The highest BCUT2D eigenvalue weighted by Gasteiger charge is 2.12. The fraction of sp³-hybridized carbons (Fsp3) is 0.182. The van der Waals surface area contributed by atoms with Crippen molar-refractivity contribution in [2.24, 2.45) is 5.10 Å². The SMILES string of the molecule is COc1ccc(C(=O)N/N=C(/C)c2ccc(OC)c3ccccc23)cc1OC. The summed E-state index contributed by atoms with van der Waals surface area (Å²) >= 11 is 0. The normalized spacial score (nSPS) is 11.2. The summed E-state index contributed by atoms with van der Waals surface area (Å²) in [6.07, 6.45) is 0. The molecule has 0 aliphatic heterocycles. The molecular formula is C22H22N2O4. The van der Waals surface area contributed by atoms with E-state index >= 15 is 0 Å². The summed E-state index contributed by atoms with van der Waals surface area (Å²) in [4.78, 5) is 12.5. The van der Waals surface area contributed by atoms with Crippen molar-refractivity contribution in [1.82, 2.24) is 5.43 Å². The highest BCUT2D eigenvalue weighted by Crippen LogP contribution is 2.29. The van der Waals surface area contributed by atoms with Crippen LogP contribution >= 0.6 is 0 Å². The van der Waals surface area contributed by atoms with Crippen LogP contribution in [0.2, 0.25) is 0 Å². The molecule has 1 amide bonds. The third kappa shape index (κ3) is 3.76. The highest BCUT2D eigenvalue weighted by atomic mass is 16.5. The number of benzene rings is 3. The van der Waals surface area contributed by atoms with E-state index in [1.54, 1.807) is 32.4 Å². The van der Waals surface area contributed by atoms with Crippen molar-refractivity contribution in [3.8, 4) is 17.2 Å². The molecule has 0 spiro atoms. The fourth-order valence-corrected chi connectivity index (χ4v) is 3.00. The van der Waals surface area contributed by atoms with Gasteiger partial charge in [-0.2, -0.15) is 5.10 Å². The number of amides is 1. The molecule has 3 aromatic carbocycles. The lowest BCUT2D eigenvalue weighted by molar-refractivity contribution is 0.0954. The molecule has 28 heavy (non-hydrogen) atoms. The Bertz CT molecular complexity index is 1040. The topological polar surface area (TPSA) is 69.2 Å². The molecular weight excluding hydrogens is 356 g/mol. The Labute approximate surface area is 163 Å². The lowest BCUT2D eigenvalue weighted by atomic mass is 10.0. The first-order valence-corrected chi connectivity index (χ1v) is 8.71. The number of hydrogen-bond donors (Lipinski definition) is 1. The van der Waals surface area contributed by atoms with Crippen LogP contribution in [0.5, 0.6) is 17.2 Å². The van der Waals surface area contributed by atoms with Crippen LogP contribution in [0.15, 0.2) is 59.7 Å². The lowest BCUT2D eigenvalue weighted by Crippen LogP contribution is -2.19. The van der Waals surface area contributed by atoms with E-state index in [2.05, 4.69) is 10.5 Å². The second-order valence-electron chi connectivity index (χ2n) is 6.07. The van der Waals surface area contributed by atoms with E-state index in [0.717, 1.165) is 22.1 Å². The molecule has 0 bridgehead atoms. The molecule has 0 fully saturated rings. The number of fused-ring (bicyclic) bond motifs is 1. The van der Waals surface area contributed by atoms with Crippen molar-refractivity contribution in [1.29, 1.82) is 0 Å². The summed E-state index contributed by atoms with van der Waals surface area (Å²) in [5, 5.41) is 6.27. The Morgan fingerprint density at radius 3 is 2.14 bits per heavy atom. The maximum absolute atomic E-state index is 12.5. The Kier molecular flexibility index (Phi) is 5.79. The summed E-state index contributed by atoms with van der Waals surface area (Å²) in [5.74, 6) is 1.50. The van der Waals surface area contributed by atoms with Gasteiger partial charge in [0.15, 0.2) is 11.5 Å². The van der Waals surface area contributed by atoms with Crippen LogP contribution in [0.25, 0.3) is 10.8 Å². The van der Waals surface area contributed by atoms with E-state index in [-0.39, 0.29) is 5.91 Å². The number of rotatable bonds is 6. The zero-order valence-corrected chi connectivity index (χ0v) is 16.3. The van der Waals surface area contributed by atoms with Crippen molar-refractivity contribution < 1.29 is 19.0 Å². The average Bonchev–Trinajstić information content (AvgIpc) is 2.75. The monoisotopic (exact) mass is 378 g/mol. The number of nitrogens with zero attached hydrogens (tertiary/aromatic N) is 1. The average molecular weight is 378 g/mol. The van der Waals surface area contributed by atoms with Gasteiger partial charge in [-0.25, -0.2) is 5.43 Å². The van der Waals surface area contributed by atoms with E-state index < -0.39 is 0 Å². The number of nitrogens with one attached hydrogen (secondary N) is 1. The van der Waals surface area contributed by atoms with Crippen LogP contribution in [0.3, 0.4) is 0 Å². The largest absolute Gasteiger partial charge is 0.496 e. The molecule has 0 aromatic heterocycles. The van der Waals surface area contributed by atoms with E-state index in [0.29, 0.717) is 22.8 Å². The first kappa shape index (κ1) is 19.2. The number of ether oxygens (including phenoxy) is 3. The fourth-order valence-electron chi connectivity index (χ4n) is 3.00. The maximum atomic E-state index is 12.5. The Morgan fingerprint density at radius 2 is 1.46 bits per heavy atom. The van der Waals surface area contributed by atoms with Crippen molar-refractivity contribution in [2.75, 3.05) is 21.3 Å². The first-order chi connectivity index (χ1) is 13.6. The summed E-state index contributed by atoms with van der Waals surface area (Å²) in [5.41, 5.74) is 4.63. The molecule has 0 unspecified atom stereocenters. The van der Waals surface area contributed by atoms with Gasteiger partial charge < -0.3 is 14.2 Å². The molecule has 6 nitrogen and oxygen atoms in total. The molecule has 0 saturated carbocycles. The lowest BCUT2D eigenvalue weighted by Gasteiger charge is -2.11. The number of carbonyl (C=O) groups excluding carboxylic acids is 1. The molecule has 0 saturated heterocycles. The van der Waals surface area contributed by atoms with Crippen LogP contribution in [0.1, 0.15) is 22.8 Å². The third-order valence-corrected chi connectivity index (χ3v) is 4.46. The summed E-state index contributed by atoms with van der Waals surface area (Å²) in [6.45, 7) is 1.85. The van der Waals surface area contributed by atoms with Crippen LogP contribution < -0.4 is 19.6 Å². The molecule has 1 N–H and O–H groups in total. The third-order valence-electron chi connectivity index (χ3n) is 4.46. The van der Waals surface area contributed by atoms with Gasteiger partial charge >= 0.3 is 0 Å². The van der Waals surface area contributed by atoms with Crippen LogP contribution in [0, 0.1) is 0 Å². The molecule has 144 valence electrons. The molecule has 6 heteroatoms. The highest BCUT2D eigenvalue weighted by molar-refractivity contribution is 6.11. The summed E-state index contributed by atoms with van der Waals surface area (Å²) in [6, 6.07) is 16.7. The summed E-state index contributed by atoms with van der Waals surface area (Å²) < 4.78 is 15.9. The van der Waals surface area contributed by atoms with Gasteiger partial charge in [-0.3, -0.25) is 4.79 Å². The van der Waals surface area contributed by atoms with Gasteiger partial charge in [0.2, 0.25) is 0 Å².